The fourth-order valence-corrected chi connectivity index (χ4v) is 2.24. The lowest BCUT2D eigenvalue weighted by Gasteiger charge is -2.20. The van der Waals surface area contributed by atoms with Crippen LogP contribution in [-0.4, -0.2) is 36.6 Å². The summed E-state index contributed by atoms with van der Waals surface area (Å²) >= 11 is 0. The molecule has 1 N–H and O–H groups in total. The van der Waals surface area contributed by atoms with Crippen molar-refractivity contribution in [3.05, 3.63) is 47.7 Å². The van der Waals surface area contributed by atoms with Crippen molar-refractivity contribution in [1.82, 2.24) is 0 Å². The normalized spacial score (nSPS) is 23.0. The highest BCUT2D eigenvalue weighted by Gasteiger charge is 2.48. The van der Waals surface area contributed by atoms with E-state index in [0.717, 1.165) is 0 Å². The minimum atomic E-state index is -4.79. The summed E-state index contributed by atoms with van der Waals surface area (Å²) in [5.41, 5.74) is -0.212. The van der Waals surface area contributed by atoms with Crippen LogP contribution in [0, 0.1) is 0 Å². The minimum absolute atomic E-state index is 0.140. The number of esters is 1. The van der Waals surface area contributed by atoms with E-state index < -0.39 is 30.3 Å². The molecule has 120 valence electrons. The Morgan fingerprint density at radius 2 is 1.95 bits per heavy atom. The molecule has 0 saturated heterocycles. The second-order valence-electron chi connectivity index (χ2n) is 4.90. The summed E-state index contributed by atoms with van der Waals surface area (Å²) in [5, 5.41) is 9.69. The zero-order valence-electron chi connectivity index (χ0n) is 11.7. The lowest BCUT2D eigenvalue weighted by atomic mass is 9.99. The monoisotopic (exact) mass is 316 g/mol. The predicted octanol–water partition coefficient (Wildman–Crippen LogP) is 2.54. The molecule has 1 aromatic carbocycles. The van der Waals surface area contributed by atoms with E-state index in [1.807, 2.05) is 0 Å². The average Bonchev–Trinajstić information content (AvgIpc) is 2.79. The molecule has 4 nitrogen and oxygen atoms in total. The van der Waals surface area contributed by atoms with Gasteiger partial charge in [-0.1, -0.05) is 30.3 Å². The summed E-state index contributed by atoms with van der Waals surface area (Å²) < 4.78 is 49.2. The second kappa shape index (κ2) is 6.50. The van der Waals surface area contributed by atoms with Crippen LogP contribution in [0.4, 0.5) is 13.2 Å². The summed E-state index contributed by atoms with van der Waals surface area (Å²) in [6.45, 7) is 0. The molecule has 0 bridgehead atoms. The van der Waals surface area contributed by atoms with E-state index in [4.69, 9.17) is 9.47 Å². The van der Waals surface area contributed by atoms with Gasteiger partial charge in [0.25, 0.3) is 0 Å². The van der Waals surface area contributed by atoms with Crippen LogP contribution < -0.4 is 0 Å². The summed E-state index contributed by atoms with van der Waals surface area (Å²) in [4.78, 5) is 12.0. The molecule has 3 atom stereocenters. The van der Waals surface area contributed by atoms with Gasteiger partial charge in [0.15, 0.2) is 5.92 Å². The number of alkyl halides is 3. The zero-order chi connectivity index (χ0) is 16.3. The standard InChI is InChI=1S/C15H15F3O4/c1-21-10-7-11(19)12(8-10)22-14(20)13(15(16,17)18)9-5-3-2-4-6-9/h2-6,8,10-11,13,19H,7H2,1H3/t10-,11?,13?/m1/s1. The van der Waals surface area contributed by atoms with Crippen molar-refractivity contribution in [1.29, 1.82) is 0 Å². The van der Waals surface area contributed by atoms with E-state index in [0.29, 0.717) is 0 Å². The molecule has 0 aliphatic heterocycles. The first-order valence-corrected chi connectivity index (χ1v) is 6.59. The fourth-order valence-electron chi connectivity index (χ4n) is 2.24. The van der Waals surface area contributed by atoms with E-state index >= 15 is 0 Å². The average molecular weight is 316 g/mol. The third-order valence-electron chi connectivity index (χ3n) is 3.35. The molecule has 7 heteroatoms. The van der Waals surface area contributed by atoms with E-state index in [9.17, 15) is 23.1 Å². The number of rotatable bonds is 4. The molecule has 1 aliphatic rings. The van der Waals surface area contributed by atoms with Gasteiger partial charge in [-0.15, -0.1) is 0 Å². The van der Waals surface area contributed by atoms with E-state index in [1.54, 1.807) is 6.07 Å². The van der Waals surface area contributed by atoms with Crippen molar-refractivity contribution in [3.8, 4) is 0 Å². The first-order valence-electron chi connectivity index (χ1n) is 6.59. The van der Waals surface area contributed by atoms with Gasteiger partial charge in [-0.25, -0.2) is 0 Å². The van der Waals surface area contributed by atoms with Gasteiger partial charge in [0, 0.05) is 13.5 Å². The first kappa shape index (κ1) is 16.5. The Hall–Kier alpha value is -1.86. The Balaban J connectivity index is 2.21. The molecule has 0 aromatic heterocycles. The lowest BCUT2D eigenvalue weighted by molar-refractivity contribution is -0.179. The van der Waals surface area contributed by atoms with Gasteiger partial charge in [0.1, 0.15) is 11.9 Å². The molecular weight excluding hydrogens is 301 g/mol. The van der Waals surface area contributed by atoms with Crippen LogP contribution in [0.1, 0.15) is 17.9 Å². The van der Waals surface area contributed by atoms with Crippen LogP contribution in [0.3, 0.4) is 0 Å². The maximum absolute atomic E-state index is 13.2. The second-order valence-corrected chi connectivity index (χ2v) is 4.90. The molecule has 0 heterocycles. The van der Waals surface area contributed by atoms with Crippen LogP contribution >= 0.6 is 0 Å². The van der Waals surface area contributed by atoms with Crippen LogP contribution in [-0.2, 0) is 14.3 Å². The molecule has 0 spiro atoms. The third-order valence-corrected chi connectivity index (χ3v) is 3.35. The molecule has 0 amide bonds. The number of ether oxygens (including phenoxy) is 2. The summed E-state index contributed by atoms with van der Waals surface area (Å²) in [6, 6.07) is 6.78. The maximum Gasteiger partial charge on any atom is 0.406 e. The number of aliphatic hydroxyl groups excluding tert-OH is 1. The van der Waals surface area contributed by atoms with Gasteiger partial charge in [-0.05, 0) is 11.6 Å². The van der Waals surface area contributed by atoms with Crippen molar-refractivity contribution >= 4 is 5.97 Å². The molecular formula is C15H15F3O4. The van der Waals surface area contributed by atoms with Crippen molar-refractivity contribution in [2.24, 2.45) is 0 Å². The highest BCUT2D eigenvalue weighted by molar-refractivity contribution is 5.80. The maximum atomic E-state index is 13.2. The number of aliphatic hydroxyl groups is 1. The quantitative estimate of drug-likeness (QED) is 0.867. The summed E-state index contributed by atoms with van der Waals surface area (Å²) in [7, 11) is 1.39. The molecule has 1 aliphatic carbocycles. The van der Waals surface area contributed by atoms with Crippen molar-refractivity contribution in [2.75, 3.05) is 7.11 Å². The smallest absolute Gasteiger partial charge is 0.406 e. The Bertz CT molecular complexity index is 554. The van der Waals surface area contributed by atoms with Crippen LogP contribution in [0.5, 0.6) is 0 Å². The lowest BCUT2D eigenvalue weighted by Crippen LogP contribution is -2.30. The molecule has 2 unspecified atom stereocenters. The summed E-state index contributed by atoms with van der Waals surface area (Å²) in [6.07, 6.45) is -4.98. The summed E-state index contributed by atoms with van der Waals surface area (Å²) in [5.74, 6) is -4.08. The van der Waals surface area contributed by atoms with Gasteiger partial charge in [-0.3, -0.25) is 4.79 Å². The van der Waals surface area contributed by atoms with Gasteiger partial charge >= 0.3 is 12.1 Å². The Labute approximate surface area is 125 Å². The Morgan fingerprint density at radius 1 is 1.32 bits per heavy atom. The number of methoxy groups -OCH3 is 1. The number of hydrogen-bond donors (Lipinski definition) is 1. The number of carbonyl (C=O) groups excluding carboxylic acids is 1. The molecule has 0 saturated carbocycles. The zero-order valence-corrected chi connectivity index (χ0v) is 11.7. The molecule has 1 aromatic rings. The predicted molar refractivity (Wildman–Crippen MR) is 70.8 cm³/mol. The van der Waals surface area contributed by atoms with Crippen molar-refractivity contribution in [3.63, 3.8) is 0 Å². The number of benzene rings is 1. The topological polar surface area (TPSA) is 55.8 Å². The Morgan fingerprint density at radius 3 is 2.45 bits per heavy atom. The molecule has 2 rings (SSSR count). The first-order chi connectivity index (χ1) is 10.3. The fraction of sp³-hybridized carbons (Fsp3) is 0.400. The molecule has 0 radical (unpaired) electrons. The molecule has 22 heavy (non-hydrogen) atoms. The number of hydrogen-bond acceptors (Lipinski definition) is 4. The van der Waals surface area contributed by atoms with Crippen LogP contribution in [0.25, 0.3) is 0 Å². The SMILES string of the molecule is CO[C@H]1C=C(OC(=O)C(c2ccccc2)C(F)(F)F)C(O)C1. The largest absolute Gasteiger partial charge is 0.428 e. The van der Waals surface area contributed by atoms with E-state index in [1.165, 1.54) is 37.5 Å². The Kier molecular flexibility index (Phi) is 4.87. The van der Waals surface area contributed by atoms with E-state index in [-0.39, 0.29) is 17.7 Å². The van der Waals surface area contributed by atoms with Gasteiger partial charge in [0.05, 0.1) is 6.10 Å². The number of carbonyl (C=O) groups is 1. The molecule has 0 fully saturated rings. The highest BCUT2D eigenvalue weighted by Crippen LogP contribution is 2.37. The van der Waals surface area contributed by atoms with Crippen LogP contribution in [0.2, 0.25) is 0 Å². The number of halogens is 3. The highest BCUT2D eigenvalue weighted by atomic mass is 19.4. The third kappa shape index (κ3) is 3.66. The van der Waals surface area contributed by atoms with E-state index in [2.05, 4.69) is 0 Å². The minimum Gasteiger partial charge on any atom is -0.428 e. The van der Waals surface area contributed by atoms with Gasteiger partial charge in [0.2, 0.25) is 0 Å². The van der Waals surface area contributed by atoms with Crippen molar-refractivity contribution < 1.29 is 32.5 Å². The van der Waals surface area contributed by atoms with Gasteiger partial charge in [-0.2, -0.15) is 13.2 Å². The van der Waals surface area contributed by atoms with Crippen molar-refractivity contribution in [2.45, 2.75) is 30.7 Å². The van der Waals surface area contributed by atoms with Crippen LogP contribution in [0.15, 0.2) is 42.2 Å². The van der Waals surface area contributed by atoms with Gasteiger partial charge < -0.3 is 14.6 Å².